The molecule has 0 aliphatic heterocycles. The van der Waals surface area contributed by atoms with Gasteiger partial charge in [0.05, 0.1) is 16.1 Å². The molecule has 0 unspecified atom stereocenters. The molecular formula is C21H25F3N2O3S. The van der Waals surface area contributed by atoms with Crippen molar-refractivity contribution in [1.82, 2.24) is 5.32 Å². The molecule has 9 heteroatoms. The summed E-state index contributed by atoms with van der Waals surface area (Å²) in [5, 5.41) is 2.72. The smallest absolute Gasteiger partial charge is 0.350 e. The van der Waals surface area contributed by atoms with Crippen LogP contribution in [-0.2, 0) is 21.0 Å². The summed E-state index contributed by atoms with van der Waals surface area (Å²) in [6.45, 7) is 6.53. The molecule has 1 N–H and O–H groups in total. The van der Waals surface area contributed by atoms with Crippen molar-refractivity contribution in [3.8, 4) is 0 Å². The van der Waals surface area contributed by atoms with Crippen LogP contribution in [0.2, 0.25) is 0 Å². The van der Waals surface area contributed by atoms with Gasteiger partial charge in [-0.3, -0.25) is 9.10 Å². The SMILES string of the molecule is CCC(C)(C)NC(=O)CN(c1cccc(C(F)(F)F)c1)S(=O)(=O)c1ccc(C)cc1. The number of halogens is 3. The molecule has 0 spiro atoms. The summed E-state index contributed by atoms with van der Waals surface area (Å²) >= 11 is 0. The molecule has 0 saturated carbocycles. The fraction of sp³-hybridized carbons (Fsp3) is 0.381. The number of nitrogens with one attached hydrogen (secondary N) is 1. The maximum absolute atomic E-state index is 13.2. The van der Waals surface area contributed by atoms with Crippen molar-refractivity contribution in [2.24, 2.45) is 0 Å². The van der Waals surface area contributed by atoms with E-state index in [0.29, 0.717) is 10.7 Å². The lowest BCUT2D eigenvalue weighted by atomic mass is 10.0. The van der Waals surface area contributed by atoms with Crippen LogP contribution in [0, 0.1) is 6.92 Å². The second-order valence-electron chi connectivity index (χ2n) is 7.66. The van der Waals surface area contributed by atoms with Crippen molar-refractivity contribution in [2.45, 2.75) is 50.7 Å². The van der Waals surface area contributed by atoms with E-state index in [1.807, 2.05) is 6.92 Å². The third-order valence-electron chi connectivity index (χ3n) is 4.72. The molecule has 0 heterocycles. The lowest BCUT2D eigenvalue weighted by Crippen LogP contribution is -2.48. The summed E-state index contributed by atoms with van der Waals surface area (Å²) < 4.78 is 66.7. The summed E-state index contributed by atoms with van der Waals surface area (Å²) in [6.07, 6.45) is -4.06. The summed E-state index contributed by atoms with van der Waals surface area (Å²) in [4.78, 5) is 12.5. The molecule has 5 nitrogen and oxygen atoms in total. The van der Waals surface area contributed by atoms with Crippen LogP contribution in [0.5, 0.6) is 0 Å². The molecule has 0 aliphatic rings. The van der Waals surface area contributed by atoms with Crippen LogP contribution in [0.1, 0.15) is 38.3 Å². The molecule has 164 valence electrons. The minimum atomic E-state index is -4.65. The Hall–Kier alpha value is -2.55. The second-order valence-corrected chi connectivity index (χ2v) is 9.52. The van der Waals surface area contributed by atoms with E-state index in [0.717, 1.165) is 23.8 Å². The van der Waals surface area contributed by atoms with Crippen LogP contribution in [0.3, 0.4) is 0 Å². The Kier molecular flexibility index (Phi) is 6.86. The molecule has 0 fully saturated rings. The van der Waals surface area contributed by atoms with Crippen LogP contribution in [0.25, 0.3) is 0 Å². The van der Waals surface area contributed by atoms with Crippen LogP contribution < -0.4 is 9.62 Å². The van der Waals surface area contributed by atoms with Gasteiger partial charge in [-0.2, -0.15) is 13.2 Å². The van der Waals surface area contributed by atoms with Crippen LogP contribution in [0.4, 0.5) is 18.9 Å². The Labute approximate surface area is 175 Å². The van der Waals surface area contributed by atoms with E-state index >= 15 is 0 Å². The van der Waals surface area contributed by atoms with E-state index < -0.39 is 39.8 Å². The lowest BCUT2D eigenvalue weighted by Gasteiger charge is -2.29. The molecule has 0 bridgehead atoms. The first-order chi connectivity index (χ1) is 13.8. The normalized spacial score (nSPS) is 12.5. The average molecular weight is 443 g/mol. The van der Waals surface area contributed by atoms with Gasteiger partial charge in [0.2, 0.25) is 5.91 Å². The molecule has 2 rings (SSSR count). The number of sulfonamides is 1. The van der Waals surface area contributed by atoms with Gasteiger partial charge in [0.15, 0.2) is 0 Å². The monoisotopic (exact) mass is 442 g/mol. The van der Waals surface area contributed by atoms with E-state index in [1.54, 1.807) is 32.9 Å². The zero-order chi connectivity index (χ0) is 22.7. The Morgan fingerprint density at radius 1 is 1.07 bits per heavy atom. The first-order valence-corrected chi connectivity index (χ1v) is 10.8. The number of hydrogen-bond donors (Lipinski definition) is 1. The van der Waals surface area contributed by atoms with Gasteiger partial charge in [-0.25, -0.2) is 8.42 Å². The molecule has 1 amide bonds. The molecule has 30 heavy (non-hydrogen) atoms. The van der Waals surface area contributed by atoms with Crippen LogP contribution in [-0.4, -0.2) is 26.4 Å². The molecular weight excluding hydrogens is 417 g/mol. The van der Waals surface area contributed by atoms with Gasteiger partial charge in [-0.1, -0.05) is 30.7 Å². The van der Waals surface area contributed by atoms with Gasteiger partial charge in [-0.15, -0.1) is 0 Å². The van der Waals surface area contributed by atoms with Gasteiger partial charge < -0.3 is 5.32 Å². The van der Waals surface area contributed by atoms with E-state index in [4.69, 9.17) is 0 Å². The fourth-order valence-electron chi connectivity index (χ4n) is 2.63. The zero-order valence-electron chi connectivity index (χ0n) is 17.2. The Morgan fingerprint density at radius 3 is 2.20 bits per heavy atom. The number of benzene rings is 2. The number of rotatable bonds is 7. The first-order valence-electron chi connectivity index (χ1n) is 9.34. The molecule has 0 atom stereocenters. The van der Waals surface area contributed by atoms with Gasteiger partial charge in [0.1, 0.15) is 6.54 Å². The number of aryl methyl sites for hydroxylation is 1. The van der Waals surface area contributed by atoms with E-state index in [9.17, 15) is 26.4 Å². The van der Waals surface area contributed by atoms with Crippen molar-refractivity contribution in [3.63, 3.8) is 0 Å². The first kappa shape index (κ1) is 23.7. The standard InChI is InChI=1S/C21H25F3N2O3S/c1-5-20(3,4)25-19(27)14-26(17-8-6-7-16(13-17)21(22,23)24)30(28,29)18-11-9-15(2)10-12-18/h6-13H,5,14H2,1-4H3,(H,25,27). The van der Waals surface area contributed by atoms with Gasteiger partial charge in [-0.05, 0) is 57.5 Å². The highest BCUT2D eigenvalue weighted by molar-refractivity contribution is 7.92. The molecule has 0 aliphatic carbocycles. The maximum atomic E-state index is 13.2. The number of nitrogens with zero attached hydrogens (tertiary/aromatic N) is 1. The third-order valence-corrected chi connectivity index (χ3v) is 6.51. The fourth-order valence-corrected chi connectivity index (χ4v) is 4.04. The quantitative estimate of drug-likeness (QED) is 0.686. The van der Waals surface area contributed by atoms with Crippen LogP contribution >= 0.6 is 0 Å². The second kappa shape index (κ2) is 8.67. The number of carbonyl (C=O) groups excluding carboxylic acids is 1. The minimum Gasteiger partial charge on any atom is -0.350 e. The van der Waals surface area contributed by atoms with E-state index in [1.165, 1.54) is 18.2 Å². The highest BCUT2D eigenvalue weighted by atomic mass is 32.2. The van der Waals surface area contributed by atoms with Gasteiger partial charge >= 0.3 is 6.18 Å². The lowest BCUT2D eigenvalue weighted by molar-refractivity contribution is -0.137. The number of alkyl halides is 3. The number of carbonyl (C=O) groups is 1. The number of amides is 1. The predicted molar refractivity (Wildman–Crippen MR) is 110 cm³/mol. The van der Waals surface area contributed by atoms with Gasteiger partial charge in [0, 0.05) is 5.54 Å². The van der Waals surface area contributed by atoms with Crippen LogP contribution in [0.15, 0.2) is 53.4 Å². The summed E-state index contributed by atoms with van der Waals surface area (Å²) in [6, 6.07) is 9.81. The highest BCUT2D eigenvalue weighted by Crippen LogP contribution is 2.33. The number of hydrogen-bond acceptors (Lipinski definition) is 3. The van der Waals surface area contributed by atoms with Gasteiger partial charge in [0.25, 0.3) is 10.0 Å². The zero-order valence-corrected chi connectivity index (χ0v) is 18.1. The molecule has 0 aromatic heterocycles. The summed E-state index contributed by atoms with van der Waals surface area (Å²) in [5.41, 5.74) is -1.01. The summed E-state index contributed by atoms with van der Waals surface area (Å²) in [7, 11) is -4.29. The van der Waals surface area contributed by atoms with Crippen molar-refractivity contribution in [2.75, 3.05) is 10.8 Å². The van der Waals surface area contributed by atoms with Crippen molar-refractivity contribution in [1.29, 1.82) is 0 Å². The molecule has 0 radical (unpaired) electrons. The minimum absolute atomic E-state index is 0.118. The number of anilines is 1. The largest absolute Gasteiger partial charge is 0.416 e. The summed E-state index contributed by atoms with van der Waals surface area (Å²) in [5.74, 6) is -0.616. The Morgan fingerprint density at radius 2 is 1.67 bits per heavy atom. The van der Waals surface area contributed by atoms with E-state index in [-0.39, 0.29) is 10.6 Å². The molecule has 0 saturated heterocycles. The Balaban J connectivity index is 2.53. The average Bonchev–Trinajstić information content (AvgIpc) is 2.65. The van der Waals surface area contributed by atoms with Crippen molar-refractivity contribution in [3.05, 3.63) is 59.7 Å². The van der Waals surface area contributed by atoms with Crippen molar-refractivity contribution < 1.29 is 26.4 Å². The van der Waals surface area contributed by atoms with Crippen molar-refractivity contribution >= 4 is 21.6 Å². The Bertz CT molecular complexity index is 1000. The van der Waals surface area contributed by atoms with E-state index in [2.05, 4.69) is 5.32 Å². The third kappa shape index (κ3) is 5.75. The molecule has 2 aromatic rings. The maximum Gasteiger partial charge on any atom is 0.416 e. The topological polar surface area (TPSA) is 66.5 Å². The predicted octanol–water partition coefficient (Wildman–Crippen LogP) is 4.51. The molecule has 2 aromatic carbocycles. The highest BCUT2D eigenvalue weighted by Gasteiger charge is 2.33.